The average molecular weight is 436 g/mol. The lowest BCUT2D eigenvalue weighted by atomic mass is 9.89. The molecule has 3 fully saturated rings. The van der Waals surface area contributed by atoms with Gasteiger partial charge < -0.3 is 15.0 Å². The number of anilines is 1. The zero-order valence-electron chi connectivity index (χ0n) is 18.4. The lowest BCUT2D eigenvalue weighted by Crippen LogP contribution is -2.59. The normalized spacial score (nSPS) is 22.8. The van der Waals surface area contributed by atoms with Crippen LogP contribution in [0.2, 0.25) is 0 Å². The topological polar surface area (TPSA) is 44.8 Å². The SMILES string of the molecule is O=C1COC2(CCN(Cc3ccc(-c4ccc5c(c4)CCN5)cc3F)CC2)CN1C1CC1. The fourth-order valence-electron chi connectivity index (χ4n) is 5.46. The van der Waals surface area contributed by atoms with Gasteiger partial charge in [-0.25, -0.2) is 4.39 Å². The van der Waals surface area contributed by atoms with E-state index in [0.717, 1.165) is 75.0 Å². The molecule has 2 aromatic carbocycles. The fraction of sp³-hybridized carbons (Fsp3) is 0.500. The third-order valence-electron chi connectivity index (χ3n) is 7.63. The van der Waals surface area contributed by atoms with Crippen molar-refractivity contribution >= 4 is 11.6 Å². The zero-order valence-corrected chi connectivity index (χ0v) is 18.4. The smallest absolute Gasteiger partial charge is 0.248 e. The molecule has 1 spiro atoms. The molecule has 0 radical (unpaired) electrons. The number of hydrogen-bond donors (Lipinski definition) is 1. The van der Waals surface area contributed by atoms with Crippen molar-refractivity contribution in [2.24, 2.45) is 0 Å². The van der Waals surface area contributed by atoms with Gasteiger partial charge in [-0.2, -0.15) is 0 Å². The van der Waals surface area contributed by atoms with Gasteiger partial charge in [0.25, 0.3) is 0 Å². The first kappa shape index (κ1) is 20.2. The van der Waals surface area contributed by atoms with E-state index in [-0.39, 0.29) is 23.9 Å². The van der Waals surface area contributed by atoms with E-state index in [0.29, 0.717) is 12.6 Å². The van der Waals surface area contributed by atoms with Gasteiger partial charge >= 0.3 is 0 Å². The van der Waals surface area contributed by atoms with E-state index in [1.807, 2.05) is 17.0 Å². The number of rotatable bonds is 4. The molecule has 6 rings (SSSR count). The van der Waals surface area contributed by atoms with Gasteiger partial charge in [0.2, 0.25) is 5.91 Å². The Morgan fingerprint density at radius 3 is 2.66 bits per heavy atom. The highest BCUT2D eigenvalue weighted by Crippen LogP contribution is 2.37. The predicted molar refractivity (Wildman–Crippen MR) is 122 cm³/mol. The molecule has 0 unspecified atom stereocenters. The first-order valence-electron chi connectivity index (χ1n) is 11.9. The summed E-state index contributed by atoms with van der Waals surface area (Å²) in [6, 6.07) is 12.4. The first-order valence-corrected chi connectivity index (χ1v) is 11.9. The molecule has 32 heavy (non-hydrogen) atoms. The molecule has 6 heteroatoms. The number of nitrogens with zero attached hydrogens (tertiary/aromatic N) is 2. The summed E-state index contributed by atoms with van der Waals surface area (Å²) >= 11 is 0. The Bertz CT molecular complexity index is 1040. The third kappa shape index (κ3) is 3.80. The molecule has 1 amide bonds. The second-order valence-corrected chi connectivity index (χ2v) is 9.86. The number of ether oxygens (including phenoxy) is 1. The molecular formula is C26H30FN3O2. The molecular weight excluding hydrogens is 405 g/mol. The third-order valence-corrected chi connectivity index (χ3v) is 7.63. The number of morpholine rings is 1. The quantitative estimate of drug-likeness (QED) is 0.793. The van der Waals surface area contributed by atoms with Crippen molar-refractivity contribution in [2.75, 3.05) is 38.1 Å². The number of likely N-dealkylation sites (tertiary alicyclic amines) is 1. The summed E-state index contributed by atoms with van der Waals surface area (Å²) in [6.45, 7) is 4.26. The minimum Gasteiger partial charge on any atom is -0.384 e. The van der Waals surface area contributed by atoms with Gasteiger partial charge in [0.15, 0.2) is 0 Å². The summed E-state index contributed by atoms with van der Waals surface area (Å²) < 4.78 is 21.0. The maximum atomic E-state index is 15.0. The van der Waals surface area contributed by atoms with Crippen LogP contribution in [0.15, 0.2) is 36.4 Å². The van der Waals surface area contributed by atoms with Gasteiger partial charge in [-0.05, 0) is 67.0 Å². The predicted octanol–water partition coefficient (Wildman–Crippen LogP) is 3.82. The van der Waals surface area contributed by atoms with Crippen LogP contribution in [0.3, 0.4) is 0 Å². The summed E-state index contributed by atoms with van der Waals surface area (Å²) in [6.07, 6.45) is 5.08. The minimum absolute atomic E-state index is 0.138. The zero-order chi connectivity index (χ0) is 21.7. The van der Waals surface area contributed by atoms with E-state index >= 15 is 0 Å². The summed E-state index contributed by atoms with van der Waals surface area (Å²) in [5, 5.41) is 3.37. The average Bonchev–Trinajstić information content (AvgIpc) is 3.55. The van der Waals surface area contributed by atoms with E-state index in [9.17, 15) is 9.18 Å². The molecule has 3 aliphatic heterocycles. The van der Waals surface area contributed by atoms with E-state index in [1.54, 1.807) is 6.07 Å². The van der Waals surface area contributed by atoms with Crippen LogP contribution in [-0.2, 0) is 22.5 Å². The van der Waals surface area contributed by atoms with Crippen LogP contribution in [-0.4, -0.2) is 60.1 Å². The summed E-state index contributed by atoms with van der Waals surface area (Å²) in [4.78, 5) is 16.5. The lowest BCUT2D eigenvalue weighted by Gasteiger charge is -2.47. The van der Waals surface area contributed by atoms with E-state index < -0.39 is 0 Å². The molecule has 0 bridgehead atoms. The molecule has 1 aliphatic carbocycles. The number of nitrogens with one attached hydrogen (secondary N) is 1. The molecule has 5 nitrogen and oxygen atoms in total. The summed E-state index contributed by atoms with van der Waals surface area (Å²) in [7, 11) is 0. The van der Waals surface area contributed by atoms with Crippen LogP contribution in [0.1, 0.15) is 36.8 Å². The second-order valence-electron chi connectivity index (χ2n) is 9.86. The van der Waals surface area contributed by atoms with E-state index in [4.69, 9.17) is 4.74 Å². The Balaban J connectivity index is 1.10. The van der Waals surface area contributed by atoms with Gasteiger partial charge in [0, 0.05) is 43.5 Å². The van der Waals surface area contributed by atoms with Crippen molar-refractivity contribution in [2.45, 2.75) is 50.3 Å². The number of piperidine rings is 1. The van der Waals surface area contributed by atoms with Crippen molar-refractivity contribution in [3.05, 3.63) is 53.3 Å². The molecule has 0 aromatic heterocycles. The molecule has 168 valence electrons. The number of amides is 1. The van der Waals surface area contributed by atoms with Crippen LogP contribution in [0.5, 0.6) is 0 Å². The number of halogens is 1. The molecule has 0 atom stereocenters. The molecule has 1 N–H and O–H groups in total. The van der Waals surface area contributed by atoms with Gasteiger partial charge in [-0.3, -0.25) is 9.69 Å². The van der Waals surface area contributed by atoms with Crippen LogP contribution in [0.25, 0.3) is 11.1 Å². The van der Waals surface area contributed by atoms with E-state index in [2.05, 4.69) is 28.4 Å². The van der Waals surface area contributed by atoms with Crippen molar-refractivity contribution in [1.29, 1.82) is 0 Å². The highest BCUT2D eigenvalue weighted by Gasteiger charge is 2.46. The number of fused-ring (bicyclic) bond motifs is 1. The Labute approximate surface area is 188 Å². The van der Waals surface area contributed by atoms with Crippen LogP contribution < -0.4 is 5.32 Å². The fourth-order valence-corrected chi connectivity index (χ4v) is 5.46. The highest BCUT2D eigenvalue weighted by atomic mass is 19.1. The summed E-state index contributed by atoms with van der Waals surface area (Å²) in [5.41, 5.74) is 5.03. The molecule has 1 saturated carbocycles. The van der Waals surface area contributed by atoms with Crippen LogP contribution in [0.4, 0.5) is 10.1 Å². The number of carbonyl (C=O) groups excluding carboxylic acids is 1. The minimum atomic E-state index is -0.210. The Morgan fingerprint density at radius 2 is 1.88 bits per heavy atom. The molecule has 2 aromatic rings. The largest absolute Gasteiger partial charge is 0.384 e. The Hall–Kier alpha value is -2.44. The van der Waals surface area contributed by atoms with Gasteiger partial charge in [-0.15, -0.1) is 0 Å². The Morgan fingerprint density at radius 1 is 1.09 bits per heavy atom. The van der Waals surface area contributed by atoms with Crippen LogP contribution >= 0.6 is 0 Å². The first-order chi connectivity index (χ1) is 15.6. The maximum absolute atomic E-state index is 15.0. The van der Waals surface area contributed by atoms with Crippen molar-refractivity contribution in [3.63, 3.8) is 0 Å². The highest BCUT2D eigenvalue weighted by molar-refractivity contribution is 5.79. The standard InChI is InChI=1S/C26H30FN3O2/c27-23-14-19(18-3-6-24-20(13-18)7-10-28-24)1-2-21(23)15-29-11-8-26(9-12-29)17-30(22-4-5-22)25(31)16-32-26/h1-3,6,13-14,22,28H,4-5,7-12,15-17H2. The molecule has 4 aliphatic rings. The maximum Gasteiger partial charge on any atom is 0.248 e. The van der Waals surface area contributed by atoms with Gasteiger partial charge in [0.05, 0.1) is 12.1 Å². The van der Waals surface area contributed by atoms with Crippen molar-refractivity contribution < 1.29 is 13.9 Å². The second kappa shape index (κ2) is 7.85. The molecule has 3 heterocycles. The van der Waals surface area contributed by atoms with Crippen molar-refractivity contribution in [3.8, 4) is 11.1 Å². The van der Waals surface area contributed by atoms with E-state index in [1.165, 1.54) is 11.3 Å². The monoisotopic (exact) mass is 435 g/mol. The Kier molecular flexibility index (Phi) is 4.95. The number of benzene rings is 2. The van der Waals surface area contributed by atoms with Gasteiger partial charge in [-0.1, -0.05) is 18.2 Å². The van der Waals surface area contributed by atoms with Crippen molar-refractivity contribution in [1.82, 2.24) is 9.80 Å². The number of carbonyl (C=O) groups is 1. The summed E-state index contributed by atoms with van der Waals surface area (Å²) in [5.74, 6) is 0.00295. The van der Waals surface area contributed by atoms with Crippen LogP contribution in [0, 0.1) is 5.82 Å². The number of hydrogen-bond acceptors (Lipinski definition) is 4. The molecule has 2 saturated heterocycles. The van der Waals surface area contributed by atoms with Gasteiger partial charge in [0.1, 0.15) is 12.4 Å². The lowest BCUT2D eigenvalue weighted by molar-refractivity contribution is -0.172.